The van der Waals surface area contributed by atoms with Crippen LogP contribution in [0.5, 0.6) is 0 Å². The molecule has 0 radical (unpaired) electrons. The molecule has 0 saturated carbocycles. The van der Waals surface area contributed by atoms with E-state index in [2.05, 4.69) is 22.2 Å². The molecule has 1 N–H and O–H groups in total. The van der Waals surface area contributed by atoms with Crippen LogP contribution in [-0.2, 0) is 27.4 Å². The summed E-state index contributed by atoms with van der Waals surface area (Å²) in [4.78, 5) is 43.5. The second-order valence-electron chi connectivity index (χ2n) is 12.4. The molecule has 3 aromatic rings. The zero-order valence-corrected chi connectivity index (χ0v) is 25.8. The van der Waals surface area contributed by atoms with Crippen LogP contribution in [0.3, 0.4) is 0 Å². The molecule has 2 aliphatic rings. The van der Waals surface area contributed by atoms with E-state index >= 15 is 0 Å². The third-order valence-electron chi connectivity index (χ3n) is 7.95. The number of alkyl carbamates (subject to hydrolysis) is 1. The van der Waals surface area contributed by atoms with Crippen LogP contribution < -0.4 is 5.32 Å². The average Bonchev–Trinajstić information content (AvgIpc) is 3.73. The number of halogens is 1. The first kappa shape index (κ1) is 31.7. The Balaban J connectivity index is 1.36. The molecule has 3 heterocycles. The SMILES string of the molecule is C=CC[C@H](NC(=O)OC(C)(C)C)C(=O)N1CC[C@@H]2[C@H]1[C@@H](Cn1cc(-c3ccc(F)cc3)nn1)CN2C(=O)OCc1ccccc1. The number of nitrogens with one attached hydrogen (secondary N) is 1. The first-order chi connectivity index (χ1) is 21.5. The molecule has 2 aromatic carbocycles. The van der Waals surface area contributed by atoms with E-state index in [0.29, 0.717) is 31.7 Å². The molecule has 2 saturated heterocycles. The Morgan fingerprint density at radius 1 is 1.11 bits per heavy atom. The quantitative estimate of drug-likeness (QED) is 0.343. The summed E-state index contributed by atoms with van der Waals surface area (Å²) in [6.07, 6.45) is 2.97. The summed E-state index contributed by atoms with van der Waals surface area (Å²) in [7, 11) is 0. The molecular weight excluding hydrogens is 579 g/mol. The predicted molar refractivity (Wildman–Crippen MR) is 164 cm³/mol. The van der Waals surface area contributed by atoms with Crippen LogP contribution in [0.25, 0.3) is 11.3 Å². The highest BCUT2D eigenvalue weighted by molar-refractivity contribution is 5.86. The number of nitrogens with zero attached hydrogens (tertiary/aromatic N) is 5. The zero-order valence-electron chi connectivity index (χ0n) is 25.8. The van der Waals surface area contributed by atoms with Gasteiger partial charge in [-0.25, -0.2) is 14.0 Å². The van der Waals surface area contributed by atoms with Crippen molar-refractivity contribution in [2.24, 2.45) is 5.92 Å². The van der Waals surface area contributed by atoms with Crippen LogP contribution in [0.4, 0.5) is 14.0 Å². The van der Waals surface area contributed by atoms with E-state index in [1.807, 2.05) is 30.3 Å². The fourth-order valence-electron chi connectivity index (χ4n) is 6.06. The van der Waals surface area contributed by atoms with Gasteiger partial charge in [0.15, 0.2) is 0 Å². The number of hydrogen-bond acceptors (Lipinski definition) is 7. The molecule has 0 unspecified atom stereocenters. The lowest BCUT2D eigenvalue weighted by Crippen LogP contribution is -2.53. The molecule has 45 heavy (non-hydrogen) atoms. The van der Waals surface area contributed by atoms with E-state index in [1.54, 1.807) is 59.7 Å². The zero-order chi connectivity index (χ0) is 32.1. The summed E-state index contributed by atoms with van der Waals surface area (Å²) in [5.41, 5.74) is 1.44. The number of benzene rings is 2. The van der Waals surface area contributed by atoms with Crippen LogP contribution in [0.2, 0.25) is 0 Å². The van der Waals surface area contributed by atoms with Gasteiger partial charge in [-0.2, -0.15) is 0 Å². The first-order valence-corrected chi connectivity index (χ1v) is 15.1. The Labute approximate surface area is 262 Å². The third-order valence-corrected chi connectivity index (χ3v) is 7.95. The van der Waals surface area contributed by atoms with Gasteiger partial charge in [-0.15, -0.1) is 11.7 Å². The second kappa shape index (κ2) is 13.5. The number of carbonyl (C=O) groups is 3. The summed E-state index contributed by atoms with van der Waals surface area (Å²) in [6, 6.07) is 13.9. The highest BCUT2D eigenvalue weighted by Gasteiger charge is 2.53. The van der Waals surface area contributed by atoms with E-state index in [9.17, 15) is 18.8 Å². The maximum Gasteiger partial charge on any atom is 0.410 e. The number of amides is 3. The minimum atomic E-state index is -0.882. The van der Waals surface area contributed by atoms with E-state index in [-0.39, 0.29) is 42.8 Å². The van der Waals surface area contributed by atoms with Crippen molar-refractivity contribution < 1.29 is 28.2 Å². The Kier molecular flexibility index (Phi) is 9.50. The third kappa shape index (κ3) is 7.68. The fraction of sp³-hybridized carbons (Fsp3) is 0.424. The Bertz CT molecular complexity index is 1510. The molecule has 0 spiro atoms. The lowest BCUT2D eigenvalue weighted by atomic mass is 9.98. The minimum Gasteiger partial charge on any atom is -0.445 e. The summed E-state index contributed by atoms with van der Waals surface area (Å²) in [6.45, 7) is 10.3. The molecule has 4 atom stereocenters. The van der Waals surface area contributed by atoms with Crippen LogP contribution >= 0.6 is 0 Å². The van der Waals surface area contributed by atoms with Crippen LogP contribution in [0.1, 0.15) is 39.2 Å². The fourth-order valence-corrected chi connectivity index (χ4v) is 6.06. The standard InChI is InChI=1S/C33H39FN6O5/c1-5-9-26(35-31(42)45-33(2,3)4)30(41)39-17-16-28-29(39)24(19-40(28)32(43)44-21-22-10-7-6-8-11-22)18-38-20-27(36-37-38)23-12-14-25(34)15-13-23/h5-8,10-15,20,24,26,28-29H,1,9,16-19,21H2,2-4H3,(H,35,42)/t24-,26-,28+,29+/m0/s1. The Morgan fingerprint density at radius 3 is 2.53 bits per heavy atom. The minimum absolute atomic E-state index is 0.131. The van der Waals surface area contributed by atoms with Gasteiger partial charge in [-0.3, -0.25) is 9.48 Å². The van der Waals surface area contributed by atoms with E-state index in [0.717, 1.165) is 11.1 Å². The molecule has 0 aliphatic carbocycles. The molecule has 12 heteroatoms. The number of hydrogen-bond donors (Lipinski definition) is 1. The molecule has 0 bridgehead atoms. The topological polar surface area (TPSA) is 119 Å². The monoisotopic (exact) mass is 618 g/mol. The smallest absolute Gasteiger partial charge is 0.410 e. The van der Waals surface area contributed by atoms with Gasteiger partial charge in [-0.05, 0) is 63.4 Å². The number of ether oxygens (including phenoxy) is 2. The van der Waals surface area contributed by atoms with Gasteiger partial charge in [0, 0.05) is 31.1 Å². The van der Waals surface area contributed by atoms with Crippen molar-refractivity contribution in [3.05, 3.63) is 84.8 Å². The molecule has 3 amide bonds. The maximum absolute atomic E-state index is 14.0. The molecule has 2 fully saturated rings. The Hall–Kier alpha value is -4.74. The van der Waals surface area contributed by atoms with E-state index in [1.165, 1.54) is 12.1 Å². The molecule has 238 valence electrons. The maximum atomic E-state index is 14.0. The van der Waals surface area contributed by atoms with E-state index < -0.39 is 23.8 Å². The van der Waals surface area contributed by atoms with Crippen LogP contribution in [0.15, 0.2) is 73.4 Å². The van der Waals surface area contributed by atoms with Crippen molar-refractivity contribution in [1.29, 1.82) is 0 Å². The van der Waals surface area contributed by atoms with Gasteiger partial charge in [0.25, 0.3) is 0 Å². The van der Waals surface area contributed by atoms with Gasteiger partial charge in [-0.1, -0.05) is 41.6 Å². The molecule has 2 aliphatic heterocycles. The number of fused-ring (bicyclic) bond motifs is 1. The van der Waals surface area contributed by atoms with Gasteiger partial charge < -0.3 is 24.6 Å². The van der Waals surface area contributed by atoms with Crippen molar-refractivity contribution in [3.8, 4) is 11.3 Å². The highest BCUT2D eigenvalue weighted by Crippen LogP contribution is 2.37. The average molecular weight is 619 g/mol. The second-order valence-corrected chi connectivity index (χ2v) is 12.4. The van der Waals surface area contributed by atoms with Crippen molar-refractivity contribution in [1.82, 2.24) is 30.1 Å². The van der Waals surface area contributed by atoms with Gasteiger partial charge >= 0.3 is 12.2 Å². The lowest BCUT2D eigenvalue weighted by Gasteiger charge is -2.32. The van der Waals surface area contributed by atoms with Crippen molar-refractivity contribution in [2.75, 3.05) is 13.1 Å². The summed E-state index contributed by atoms with van der Waals surface area (Å²) < 4.78 is 26.2. The largest absolute Gasteiger partial charge is 0.445 e. The van der Waals surface area contributed by atoms with Crippen molar-refractivity contribution in [3.63, 3.8) is 0 Å². The molecular formula is C33H39FN6O5. The summed E-state index contributed by atoms with van der Waals surface area (Å²) in [5.74, 6) is -0.827. The van der Waals surface area contributed by atoms with Gasteiger partial charge in [0.1, 0.15) is 29.8 Å². The van der Waals surface area contributed by atoms with Gasteiger partial charge in [0.2, 0.25) is 5.91 Å². The normalized spacial score (nSPS) is 20.0. The van der Waals surface area contributed by atoms with Crippen molar-refractivity contribution in [2.45, 2.75) is 70.5 Å². The number of aromatic nitrogens is 3. The van der Waals surface area contributed by atoms with Crippen LogP contribution in [-0.4, -0.2) is 79.7 Å². The number of rotatable bonds is 9. The summed E-state index contributed by atoms with van der Waals surface area (Å²) >= 11 is 0. The van der Waals surface area contributed by atoms with E-state index in [4.69, 9.17) is 9.47 Å². The summed E-state index contributed by atoms with van der Waals surface area (Å²) in [5, 5.41) is 11.3. The van der Waals surface area contributed by atoms with Gasteiger partial charge in [0.05, 0.1) is 18.3 Å². The highest BCUT2D eigenvalue weighted by atomic mass is 19.1. The molecule has 11 nitrogen and oxygen atoms in total. The Morgan fingerprint density at radius 2 is 1.84 bits per heavy atom. The predicted octanol–water partition coefficient (Wildman–Crippen LogP) is 4.79. The number of likely N-dealkylation sites (tertiary alicyclic amines) is 2. The lowest BCUT2D eigenvalue weighted by molar-refractivity contribution is -0.135. The van der Waals surface area contributed by atoms with Crippen molar-refractivity contribution >= 4 is 18.1 Å². The molecule has 5 rings (SSSR count). The number of carbonyl (C=O) groups excluding carboxylic acids is 3. The van der Waals surface area contributed by atoms with Crippen LogP contribution in [0, 0.1) is 11.7 Å². The first-order valence-electron chi connectivity index (χ1n) is 15.1. The molecule has 1 aromatic heterocycles.